The molecule has 3 N–H and O–H groups in total. The van der Waals surface area contributed by atoms with Crippen LogP contribution in [0.5, 0.6) is 0 Å². The molecule has 1 atom stereocenters. The van der Waals surface area contributed by atoms with Crippen molar-refractivity contribution in [2.45, 2.75) is 25.4 Å². The fourth-order valence-corrected chi connectivity index (χ4v) is 3.19. The first-order valence-corrected chi connectivity index (χ1v) is 7.49. The molecule has 1 aliphatic rings. The third kappa shape index (κ3) is 2.62. The van der Waals surface area contributed by atoms with Gasteiger partial charge in [-0.2, -0.15) is 4.37 Å². The van der Waals surface area contributed by atoms with Crippen molar-refractivity contribution in [3.05, 3.63) is 24.5 Å². The quantitative estimate of drug-likeness (QED) is 0.906. The first-order chi connectivity index (χ1) is 9.68. The summed E-state index contributed by atoms with van der Waals surface area (Å²) in [5.41, 5.74) is 7.82. The van der Waals surface area contributed by atoms with E-state index in [-0.39, 0.29) is 5.60 Å². The second-order valence-electron chi connectivity index (χ2n) is 5.27. The lowest BCUT2D eigenvalue weighted by Gasteiger charge is -2.23. The van der Waals surface area contributed by atoms with Crippen molar-refractivity contribution in [1.29, 1.82) is 0 Å². The van der Waals surface area contributed by atoms with Gasteiger partial charge < -0.3 is 15.8 Å². The minimum absolute atomic E-state index is 0.0923. The molecule has 5 nitrogen and oxygen atoms in total. The van der Waals surface area contributed by atoms with Crippen molar-refractivity contribution in [2.75, 3.05) is 24.2 Å². The molecule has 3 heterocycles. The van der Waals surface area contributed by atoms with Crippen molar-refractivity contribution >= 4 is 22.4 Å². The van der Waals surface area contributed by atoms with Crippen LogP contribution in [0.15, 0.2) is 24.5 Å². The molecular weight excluding hydrogens is 272 g/mol. The van der Waals surface area contributed by atoms with Crippen LogP contribution in [0.2, 0.25) is 0 Å². The highest BCUT2D eigenvalue weighted by Crippen LogP contribution is 2.37. The van der Waals surface area contributed by atoms with Crippen LogP contribution in [0.3, 0.4) is 0 Å². The lowest BCUT2D eigenvalue weighted by atomic mass is 10.0. The van der Waals surface area contributed by atoms with Crippen LogP contribution in [0.25, 0.3) is 11.1 Å². The molecule has 0 amide bonds. The minimum Gasteiger partial charge on any atom is -0.382 e. The average molecular weight is 290 g/mol. The largest absolute Gasteiger partial charge is 0.382 e. The number of ether oxygens (including phenoxy) is 1. The molecule has 0 aliphatic carbocycles. The van der Waals surface area contributed by atoms with Crippen LogP contribution in [0.1, 0.15) is 19.8 Å². The highest BCUT2D eigenvalue weighted by Gasteiger charge is 2.30. The third-order valence-electron chi connectivity index (χ3n) is 3.59. The Labute approximate surface area is 122 Å². The molecule has 2 aromatic rings. The Morgan fingerprint density at radius 3 is 3.15 bits per heavy atom. The van der Waals surface area contributed by atoms with Gasteiger partial charge in [-0.05, 0) is 37.4 Å². The van der Waals surface area contributed by atoms with E-state index in [1.807, 2.05) is 12.1 Å². The lowest BCUT2D eigenvalue weighted by Crippen LogP contribution is -2.32. The Morgan fingerprint density at radius 2 is 2.45 bits per heavy atom. The summed E-state index contributed by atoms with van der Waals surface area (Å²) in [5, 5.41) is 4.42. The maximum absolute atomic E-state index is 5.99. The van der Waals surface area contributed by atoms with Gasteiger partial charge in [-0.25, -0.2) is 0 Å². The van der Waals surface area contributed by atoms with Gasteiger partial charge in [0.2, 0.25) is 0 Å². The molecule has 0 aromatic carbocycles. The SMILES string of the molecule is CC1(CNc2snc(N)c2-c2cccnc2)CCCO1. The second-order valence-corrected chi connectivity index (χ2v) is 6.04. The predicted octanol–water partition coefficient (Wildman–Crippen LogP) is 2.77. The summed E-state index contributed by atoms with van der Waals surface area (Å²) in [5.74, 6) is 0.544. The number of hydrogen-bond acceptors (Lipinski definition) is 6. The smallest absolute Gasteiger partial charge is 0.147 e. The number of rotatable bonds is 4. The van der Waals surface area contributed by atoms with E-state index in [4.69, 9.17) is 10.5 Å². The molecule has 1 fully saturated rings. The zero-order chi connectivity index (χ0) is 14.0. The minimum atomic E-state index is -0.0923. The summed E-state index contributed by atoms with van der Waals surface area (Å²) in [4.78, 5) is 4.14. The maximum Gasteiger partial charge on any atom is 0.147 e. The Hall–Kier alpha value is -1.66. The summed E-state index contributed by atoms with van der Waals surface area (Å²) >= 11 is 1.38. The first kappa shape index (κ1) is 13.3. The summed E-state index contributed by atoms with van der Waals surface area (Å²) < 4.78 is 10.0. The zero-order valence-corrected chi connectivity index (χ0v) is 12.2. The summed E-state index contributed by atoms with van der Waals surface area (Å²) in [7, 11) is 0. The third-order valence-corrected chi connectivity index (χ3v) is 4.41. The van der Waals surface area contributed by atoms with Gasteiger partial charge in [0.25, 0.3) is 0 Å². The van der Waals surface area contributed by atoms with E-state index >= 15 is 0 Å². The van der Waals surface area contributed by atoms with Gasteiger partial charge >= 0.3 is 0 Å². The number of aromatic nitrogens is 2. The molecule has 0 radical (unpaired) electrons. The van der Waals surface area contributed by atoms with Crippen LogP contribution in [0, 0.1) is 0 Å². The Kier molecular flexibility index (Phi) is 3.58. The number of nitrogens with zero attached hydrogens (tertiary/aromatic N) is 2. The molecule has 1 unspecified atom stereocenters. The number of nitrogens with two attached hydrogens (primary N) is 1. The molecular formula is C14H18N4OS. The maximum atomic E-state index is 5.99. The van der Waals surface area contributed by atoms with E-state index in [2.05, 4.69) is 21.6 Å². The van der Waals surface area contributed by atoms with Gasteiger partial charge in [0.05, 0.1) is 11.2 Å². The van der Waals surface area contributed by atoms with Crippen LogP contribution >= 0.6 is 11.5 Å². The number of anilines is 2. The Balaban J connectivity index is 1.81. The summed E-state index contributed by atoms with van der Waals surface area (Å²) in [6, 6.07) is 3.89. The zero-order valence-electron chi connectivity index (χ0n) is 11.4. The van der Waals surface area contributed by atoms with Crippen molar-refractivity contribution in [1.82, 2.24) is 9.36 Å². The van der Waals surface area contributed by atoms with E-state index in [0.717, 1.165) is 42.1 Å². The second kappa shape index (κ2) is 5.38. The van der Waals surface area contributed by atoms with Gasteiger partial charge in [0.1, 0.15) is 10.8 Å². The molecule has 0 spiro atoms. The van der Waals surface area contributed by atoms with Crippen LogP contribution in [0.4, 0.5) is 10.8 Å². The van der Waals surface area contributed by atoms with Crippen LogP contribution < -0.4 is 11.1 Å². The Morgan fingerprint density at radius 1 is 1.55 bits per heavy atom. The van der Waals surface area contributed by atoms with Crippen molar-refractivity contribution in [2.24, 2.45) is 0 Å². The monoisotopic (exact) mass is 290 g/mol. The van der Waals surface area contributed by atoms with E-state index in [1.165, 1.54) is 11.5 Å². The average Bonchev–Trinajstić information content (AvgIpc) is 3.05. The van der Waals surface area contributed by atoms with Gasteiger partial charge in [-0.3, -0.25) is 4.98 Å². The highest BCUT2D eigenvalue weighted by atomic mass is 32.1. The first-order valence-electron chi connectivity index (χ1n) is 6.71. The number of nitrogens with one attached hydrogen (secondary N) is 1. The van der Waals surface area contributed by atoms with Crippen LogP contribution in [-0.2, 0) is 4.74 Å². The van der Waals surface area contributed by atoms with Crippen molar-refractivity contribution < 1.29 is 4.74 Å². The molecule has 3 rings (SSSR count). The van der Waals surface area contributed by atoms with E-state index in [0.29, 0.717) is 5.82 Å². The number of hydrogen-bond donors (Lipinski definition) is 2. The Bertz CT molecular complexity index is 578. The summed E-state index contributed by atoms with van der Waals surface area (Å²) in [6.07, 6.45) is 5.76. The molecule has 20 heavy (non-hydrogen) atoms. The molecule has 1 saturated heterocycles. The normalized spacial score (nSPS) is 22.1. The predicted molar refractivity (Wildman–Crippen MR) is 81.8 cm³/mol. The molecule has 1 aliphatic heterocycles. The summed E-state index contributed by atoms with van der Waals surface area (Å²) in [6.45, 7) is 3.75. The van der Waals surface area contributed by atoms with E-state index in [9.17, 15) is 0 Å². The lowest BCUT2D eigenvalue weighted by molar-refractivity contribution is 0.0316. The van der Waals surface area contributed by atoms with Gasteiger partial charge in [-0.15, -0.1) is 0 Å². The number of pyridine rings is 1. The van der Waals surface area contributed by atoms with Crippen LogP contribution in [-0.4, -0.2) is 28.1 Å². The van der Waals surface area contributed by atoms with Gasteiger partial charge in [0, 0.05) is 31.1 Å². The standard InChI is InChI=1S/C14H18N4OS/c1-14(5-3-7-19-14)9-17-13-11(12(15)18-20-13)10-4-2-6-16-8-10/h2,4,6,8,17H,3,5,7,9H2,1H3,(H2,15,18). The van der Waals surface area contributed by atoms with E-state index in [1.54, 1.807) is 12.4 Å². The molecule has 0 saturated carbocycles. The highest BCUT2D eigenvalue weighted by molar-refractivity contribution is 7.11. The van der Waals surface area contributed by atoms with Gasteiger partial charge in [0.15, 0.2) is 0 Å². The number of nitrogen functional groups attached to an aromatic ring is 1. The van der Waals surface area contributed by atoms with Crippen molar-refractivity contribution in [3.8, 4) is 11.1 Å². The van der Waals surface area contributed by atoms with Gasteiger partial charge in [-0.1, -0.05) is 6.07 Å². The topological polar surface area (TPSA) is 73.1 Å². The van der Waals surface area contributed by atoms with Crippen molar-refractivity contribution in [3.63, 3.8) is 0 Å². The van der Waals surface area contributed by atoms with E-state index < -0.39 is 0 Å². The molecule has 106 valence electrons. The fraction of sp³-hybridized carbons (Fsp3) is 0.429. The molecule has 0 bridgehead atoms. The fourth-order valence-electron chi connectivity index (χ4n) is 2.46. The molecule has 6 heteroatoms. The molecule has 2 aromatic heterocycles.